The molecule has 0 saturated carbocycles. The molecule has 3 aromatic rings. The second-order valence-electron chi connectivity index (χ2n) is 5.77. The van der Waals surface area contributed by atoms with Crippen molar-refractivity contribution >= 4 is 28.5 Å². The summed E-state index contributed by atoms with van der Waals surface area (Å²) >= 11 is 0. The highest BCUT2D eigenvalue weighted by atomic mass is 16.2. The van der Waals surface area contributed by atoms with Crippen LogP contribution in [0.1, 0.15) is 16.1 Å². The van der Waals surface area contributed by atoms with E-state index in [0.29, 0.717) is 22.5 Å². The summed E-state index contributed by atoms with van der Waals surface area (Å²) in [4.78, 5) is 29.9. The van der Waals surface area contributed by atoms with Crippen LogP contribution in [-0.2, 0) is 6.54 Å². The largest absolute Gasteiger partial charge is 0.399 e. The average Bonchev–Trinajstić information content (AvgIpc) is 3.02. The third kappa shape index (κ3) is 3.42. The molecule has 0 saturated heterocycles. The molecule has 0 spiro atoms. The molecule has 0 fully saturated rings. The lowest BCUT2D eigenvalue weighted by Gasteiger charge is -2.11. The van der Waals surface area contributed by atoms with E-state index >= 15 is 0 Å². The smallest absolute Gasteiger partial charge is 0.317 e. The minimum absolute atomic E-state index is 0.228. The van der Waals surface area contributed by atoms with E-state index in [1.807, 2.05) is 0 Å². The zero-order chi connectivity index (χ0) is 18.0. The Bertz CT molecular complexity index is 947. The van der Waals surface area contributed by atoms with Crippen molar-refractivity contribution in [2.24, 2.45) is 0 Å². The number of hydrogen-bond donors (Lipinski definition) is 2. The highest BCUT2D eigenvalue weighted by Gasteiger charge is 2.14. The lowest BCUT2D eigenvalue weighted by Crippen LogP contribution is -2.34. The molecule has 0 aliphatic heterocycles. The van der Waals surface area contributed by atoms with Gasteiger partial charge in [-0.3, -0.25) is 9.78 Å². The van der Waals surface area contributed by atoms with Gasteiger partial charge in [-0.05, 0) is 30.3 Å². The number of amides is 2. The highest BCUT2D eigenvalue weighted by Crippen LogP contribution is 2.18. The molecule has 3 N–H and O–H groups in total. The Kier molecular flexibility index (Phi) is 4.34. The van der Waals surface area contributed by atoms with Gasteiger partial charge >= 0.3 is 6.03 Å². The Morgan fingerprint density at radius 1 is 1.24 bits per heavy atom. The number of carbonyl (C=O) groups is 2. The number of nitrogens with two attached hydrogens (primary N) is 1. The van der Waals surface area contributed by atoms with Crippen LogP contribution in [0.2, 0.25) is 0 Å². The molecule has 0 bridgehead atoms. The van der Waals surface area contributed by atoms with Crippen LogP contribution in [0.15, 0.2) is 42.7 Å². The van der Waals surface area contributed by atoms with E-state index in [4.69, 9.17) is 5.73 Å². The summed E-state index contributed by atoms with van der Waals surface area (Å²) in [5.74, 6) is -0.276. The van der Waals surface area contributed by atoms with Gasteiger partial charge < -0.3 is 16.0 Å². The monoisotopic (exact) mass is 338 g/mol. The number of hydrogen-bond acceptors (Lipinski definition) is 5. The van der Waals surface area contributed by atoms with Gasteiger partial charge in [-0.25, -0.2) is 4.79 Å². The van der Waals surface area contributed by atoms with E-state index in [9.17, 15) is 9.59 Å². The van der Waals surface area contributed by atoms with Gasteiger partial charge in [0.05, 0.1) is 24.0 Å². The molecule has 128 valence electrons. The normalized spacial score (nSPS) is 10.6. The van der Waals surface area contributed by atoms with Crippen LogP contribution in [0, 0.1) is 0 Å². The first-order valence-electron chi connectivity index (χ1n) is 7.64. The van der Waals surface area contributed by atoms with Gasteiger partial charge in [0, 0.05) is 36.9 Å². The summed E-state index contributed by atoms with van der Waals surface area (Å²) in [5, 5.41) is 7.66. The number of anilines is 1. The summed E-state index contributed by atoms with van der Waals surface area (Å²) in [6.45, 7) is 0.231. The maximum Gasteiger partial charge on any atom is 0.317 e. The third-order valence-corrected chi connectivity index (χ3v) is 3.67. The summed E-state index contributed by atoms with van der Waals surface area (Å²) in [7, 11) is 3.30. The van der Waals surface area contributed by atoms with Crippen molar-refractivity contribution in [2.45, 2.75) is 6.54 Å². The number of nitrogens with zero attached hydrogens (tertiary/aromatic N) is 4. The third-order valence-electron chi connectivity index (χ3n) is 3.67. The van der Waals surface area contributed by atoms with Crippen molar-refractivity contribution in [2.75, 3.05) is 19.8 Å². The summed E-state index contributed by atoms with van der Waals surface area (Å²) in [5.41, 5.74) is 8.06. The van der Waals surface area contributed by atoms with Gasteiger partial charge in [-0.15, -0.1) is 0 Å². The quantitative estimate of drug-likeness (QED) is 0.704. The lowest BCUT2D eigenvalue weighted by molar-refractivity contribution is 0.0950. The molecule has 1 aromatic carbocycles. The molecule has 3 rings (SSSR count). The van der Waals surface area contributed by atoms with Crippen LogP contribution in [0.3, 0.4) is 0 Å². The molecule has 2 aromatic heterocycles. The first-order valence-corrected chi connectivity index (χ1v) is 7.64. The Labute approximate surface area is 144 Å². The fourth-order valence-corrected chi connectivity index (χ4v) is 2.37. The van der Waals surface area contributed by atoms with Crippen molar-refractivity contribution in [3.05, 3.63) is 54.0 Å². The van der Waals surface area contributed by atoms with Gasteiger partial charge in [0.15, 0.2) is 0 Å². The van der Waals surface area contributed by atoms with Crippen LogP contribution >= 0.6 is 0 Å². The first kappa shape index (κ1) is 16.4. The number of rotatable bonds is 3. The van der Waals surface area contributed by atoms with Crippen LogP contribution < -0.4 is 11.1 Å². The molecule has 0 radical (unpaired) electrons. The Hall–Kier alpha value is -3.42. The molecular weight excluding hydrogens is 320 g/mol. The van der Waals surface area contributed by atoms with E-state index in [2.05, 4.69) is 15.4 Å². The number of fused-ring (bicyclic) bond motifs is 1. The fourth-order valence-electron chi connectivity index (χ4n) is 2.37. The van der Waals surface area contributed by atoms with Gasteiger partial charge in [0.2, 0.25) is 0 Å². The number of nitrogens with one attached hydrogen (secondary N) is 1. The van der Waals surface area contributed by atoms with E-state index in [-0.39, 0.29) is 18.5 Å². The molecule has 25 heavy (non-hydrogen) atoms. The van der Waals surface area contributed by atoms with Crippen molar-refractivity contribution in [1.29, 1.82) is 0 Å². The van der Waals surface area contributed by atoms with Crippen LogP contribution in [-0.4, -0.2) is 45.7 Å². The Morgan fingerprint density at radius 2 is 2.04 bits per heavy atom. The van der Waals surface area contributed by atoms with Crippen molar-refractivity contribution in [1.82, 2.24) is 25.0 Å². The van der Waals surface area contributed by atoms with Crippen LogP contribution in [0.4, 0.5) is 10.5 Å². The van der Waals surface area contributed by atoms with Crippen molar-refractivity contribution < 1.29 is 9.59 Å². The number of pyridine rings is 1. The molecule has 2 amide bonds. The topological polar surface area (TPSA) is 106 Å². The van der Waals surface area contributed by atoms with Crippen molar-refractivity contribution in [3.63, 3.8) is 0 Å². The number of aromatic nitrogens is 3. The standard InChI is InChI=1S/C17H18N6O2/c1-22(2)17(25)20-10-14-8-11(5-6-19-14)16(24)23-15-4-3-13(18)7-12(15)9-21-23/h3-9H,10,18H2,1-2H3,(H,20,25). The Balaban J connectivity index is 1.84. The van der Waals surface area contributed by atoms with Crippen molar-refractivity contribution in [3.8, 4) is 0 Å². The number of nitrogen functional groups attached to an aromatic ring is 1. The summed E-state index contributed by atoms with van der Waals surface area (Å²) in [6, 6.07) is 8.28. The molecule has 8 heteroatoms. The SMILES string of the molecule is CN(C)C(=O)NCc1cc(C(=O)n2ncc3cc(N)ccc32)ccn1. The zero-order valence-corrected chi connectivity index (χ0v) is 13.9. The van der Waals surface area contributed by atoms with Gasteiger partial charge in [-0.1, -0.05) is 0 Å². The number of carbonyl (C=O) groups excluding carboxylic acids is 2. The minimum Gasteiger partial charge on any atom is -0.399 e. The van der Waals surface area contributed by atoms with E-state index in [0.717, 1.165) is 5.39 Å². The minimum atomic E-state index is -0.276. The highest BCUT2D eigenvalue weighted by molar-refractivity contribution is 6.01. The van der Waals surface area contributed by atoms with Gasteiger partial charge in [-0.2, -0.15) is 9.78 Å². The lowest BCUT2D eigenvalue weighted by atomic mass is 10.2. The molecule has 0 aliphatic carbocycles. The second-order valence-corrected chi connectivity index (χ2v) is 5.77. The number of urea groups is 1. The first-order chi connectivity index (χ1) is 12.0. The van der Waals surface area contributed by atoms with E-state index < -0.39 is 0 Å². The molecule has 0 unspecified atom stereocenters. The van der Waals surface area contributed by atoms with Crippen LogP contribution in [0.5, 0.6) is 0 Å². The maximum absolute atomic E-state index is 12.8. The van der Waals surface area contributed by atoms with Crippen LogP contribution in [0.25, 0.3) is 10.9 Å². The van der Waals surface area contributed by atoms with Gasteiger partial charge in [0.1, 0.15) is 0 Å². The summed E-state index contributed by atoms with van der Waals surface area (Å²) in [6.07, 6.45) is 3.14. The molecular formula is C17H18N6O2. The van der Waals surface area contributed by atoms with Gasteiger partial charge in [0.25, 0.3) is 5.91 Å². The van der Waals surface area contributed by atoms with E-state index in [1.54, 1.807) is 50.6 Å². The zero-order valence-electron chi connectivity index (χ0n) is 13.9. The summed E-state index contributed by atoms with van der Waals surface area (Å²) < 4.78 is 1.33. The predicted molar refractivity (Wildman–Crippen MR) is 94.0 cm³/mol. The molecule has 2 heterocycles. The number of benzene rings is 1. The maximum atomic E-state index is 12.8. The molecule has 8 nitrogen and oxygen atoms in total. The predicted octanol–water partition coefficient (Wildman–Crippen LogP) is 1.47. The fraction of sp³-hybridized carbons (Fsp3) is 0.176. The second kappa shape index (κ2) is 6.60. The Morgan fingerprint density at radius 3 is 2.80 bits per heavy atom. The molecule has 0 aliphatic rings. The van der Waals surface area contributed by atoms with E-state index in [1.165, 1.54) is 15.8 Å². The average molecular weight is 338 g/mol. The molecule has 0 atom stereocenters.